The molecular weight excluding hydrogens is 204 g/mol. The molecule has 1 N–H and O–H groups in total. The van der Waals surface area contributed by atoms with Crippen LogP contribution in [0.4, 0.5) is 4.79 Å². The second-order valence-electron chi connectivity index (χ2n) is 1.27. The van der Waals surface area contributed by atoms with Gasteiger partial charge in [-0.2, -0.15) is 0 Å². The minimum absolute atomic E-state index is 0.0278. The van der Waals surface area contributed by atoms with Crippen molar-refractivity contribution in [1.82, 2.24) is 5.32 Å². The molecule has 2 nitrogen and oxygen atoms in total. The van der Waals surface area contributed by atoms with E-state index in [1.165, 1.54) is 0 Å². The molecule has 0 atom stereocenters. The molecule has 0 radical (unpaired) electrons. The highest BCUT2D eigenvalue weighted by Gasteiger charge is 2.19. The Labute approximate surface area is 73.2 Å². The van der Waals surface area contributed by atoms with Crippen LogP contribution < -0.4 is 5.32 Å². The van der Waals surface area contributed by atoms with Crippen molar-refractivity contribution < 1.29 is 4.79 Å². The Morgan fingerprint density at radius 3 is 2.11 bits per heavy atom. The molecule has 54 valence electrons. The molecule has 0 aromatic carbocycles. The molecule has 0 aromatic rings. The predicted octanol–water partition coefficient (Wildman–Crippen LogP) is 2.00. The highest BCUT2D eigenvalue weighted by atomic mass is 35.6. The van der Waals surface area contributed by atoms with Gasteiger partial charge in [0.05, 0.1) is 6.54 Å². The van der Waals surface area contributed by atoms with Gasteiger partial charge in [-0.25, -0.2) is 0 Å². The van der Waals surface area contributed by atoms with Gasteiger partial charge in [-0.05, 0) is 0 Å². The summed E-state index contributed by atoms with van der Waals surface area (Å²) < 4.78 is -1.43. The van der Waals surface area contributed by atoms with Gasteiger partial charge in [0, 0.05) is 0 Å². The summed E-state index contributed by atoms with van der Waals surface area (Å²) >= 11 is 19.2. The van der Waals surface area contributed by atoms with Crippen molar-refractivity contribution in [2.24, 2.45) is 0 Å². The van der Waals surface area contributed by atoms with Gasteiger partial charge >= 0.3 is 0 Å². The van der Waals surface area contributed by atoms with Crippen LogP contribution in [0.15, 0.2) is 0 Å². The van der Waals surface area contributed by atoms with E-state index >= 15 is 0 Å². The number of carbonyl (C=O) groups is 1. The van der Waals surface area contributed by atoms with Gasteiger partial charge in [-0.15, -0.1) is 0 Å². The van der Waals surface area contributed by atoms with Crippen molar-refractivity contribution in [2.75, 3.05) is 6.54 Å². The van der Waals surface area contributed by atoms with Crippen LogP contribution in [0.1, 0.15) is 0 Å². The summed E-state index contributed by atoms with van der Waals surface area (Å²) in [5, 5.41) is 1.70. The number of alkyl halides is 3. The summed E-state index contributed by atoms with van der Waals surface area (Å²) in [7, 11) is 0. The van der Waals surface area contributed by atoms with Crippen LogP contribution in [0.3, 0.4) is 0 Å². The molecule has 6 heteroatoms. The zero-order chi connectivity index (χ0) is 7.49. The van der Waals surface area contributed by atoms with Crippen molar-refractivity contribution in [3.8, 4) is 0 Å². The lowest BCUT2D eigenvalue weighted by molar-refractivity contribution is 0.261. The lowest BCUT2D eigenvalue weighted by Gasteiger charge is -2.09. The maximum atomic E-state index is 10.1. The molecule has 0 aliphatic heterocycles. The second kappa shape index (κ2) is 3.76. The average Bonchev–Trinajstić information content (AvgIpc) is 1.59. The fourth-order valence-electron chi connectivity index (χ4n) is 0.176. The van der Waals surface area contributed by atoms with E-state index in [4.69, 9.17) is 34.8 Å². The molecule has 9 heavy (non-hydrogen) atoms. The fourth-order valence-corrected chi connectivity index (χ4v) is 0.455. The van der Waals surface area contributed by atoms with Crippen molar-refractivity contribution in [2.45, 2.75) is 3.79 Å². The lowest BCUT2D eigenvalue weighted by atomic mass is 10.7. The Morgan fingerprint density at radius 2 is 2.00 bits per heavy atom. The Hall–Kier alpha value is 0.690. The molecule has 0 fully saturated rings. The van der Waals surface area contributed by atoms with Gasteiger partial charge in [0.25, 0.3) is 5.24 Å². The third-order valence-corrected chi connectivity index (χ3v) is 0.999. The number of amides is 1. The summed E-state index contributed by atoms with van der Waals surface area (Å²) in [4.78, 5) is 10.1. The summed E-state index contributed by atoms with van der Waals surface area (Å²) in [6.45, 7) is -0.0278. The number of rotatable bonds is 1. The van der Waals surface area contributed by atoms with Crippen molar-refractivity contribution in [3.05, 3.63) is 0 Å². The third kappa shape index (κ3) is 8.69. The van der Waals surface area contributed by atoms with Crippen LogP contribution in [0.25, 0.3) is 0 Å². The van der Waals surface area contributed by atoms with Crippen LogP contribution in [0.2, 0.25) is 0 Å². The molecule has 0 spiro atoms. The molecule has 0 rings (SSSR count). The molecule has 0 heterocycles. The largest absolute Gasteiger partial charge is 0.343 e. The van der Waals surface area contributed by atoms with Gasteiger partial charge in [0.2, 0.25) is 3.79 Å². The molecule has 0 aromatic heterocycles. The van der Waals surface area contributed by atoms with E-state index in [0.717, 1.165) is 0 Å². The lowest BCUT2D eigenvalue weighted by Crippen LogP contribution is -2.27. The van der Waals surface area contributed by atoms with Gasteiger partial charge in [0.1, 0.15) is 0 Å². The standard InChI is InChI=1S/C3H4Cl3NOS/c4-3(5,6)1-7-2(8)9/h1H2,(H2,7,8,9). The summed E-state index contributed by atoms with van der Waals surface area (Å²) in [6, 6.07) is 0. The Morgan fingerprint density at radius 1 is 1.56 bits per heavy atom. The number of thiol groups is 1. The number of hydrogen-bond donors (Lipinski definition) is 2. The quantitative estimate of drug-likeness (QED) is 0.501. The van der Waals surface area contributed by atoms with Crippen molar-refractivity contribution in [1.29, 1.82) is 0 Å². The van der Waals surface area contributed by atoms with E-state index in [2.05, 4.69) is 17.9 Å². The average molecular weight is 208 g/mol. The zero-order valence-electron chi connectivity index (χ0n) is 4.20. The minimum atomic E-state index is -1.43. The van der Waals surface area contributed by atoms with Gasteiger partial charge < -0.3 is 5.32 Å². The number of carbonyl (C=O) groups excluding carboxylic acids is 1. The normalized spacial score (nSPS) is 11.1. The van der Waals surface area contributed by atoms with E-state index in [9.17, 15) is 4.79 Å². The van der Waals surface area contributed by atoms with E-state index in [1.54, 1.807) is 0 Å². The maximum Gasteiger partial charge on any atom is 0.276 e. The first-order chi connectivity index (χ1) is 3.92. The third-order valence-electron chi connectivity index (χ3n) is 0.440. The minimum Gasteiger partial charge on any atom is -0.343 e. The Bertz CT molecular complexity index is 112. The van der Waals surface area contributed by atoms with Crippen LogP contribution in [0.5, 0.6) is 0 Å². The van der Waals surface area contributed by atoms with Gasteiger partial charge in [-0.3, -0.25) is 4.79 Å². The maximum absolute atomic E-state index is 10.1. The first-order valence-corrected chi connectivity index (χ1v) is 3.53. The fraction of sp³-hybridized carbons (Fsp3) is 0.667. The topological polar surface area (TPSA) is 29.1 Å². The first kappa shape index (κ1) is 9.69. The van der Waals surface area contributed by atoms with Crippen molar-refractivity contribution in [3.63, 3.8) is 0 Å². The highest BCUT2D eigenvalue weighted by molar-refractivity contribution is 7.96. The van der Waals surface area contributed by atoms with E-state index in [0.29, 0.717) is 0 Å². The van der Waals surface area contributed by atoms with Crippen molar-refractivity contribution >= 4 is 52.7 Å². The molecule has 0 unspecified atom stereocenters. The highest BCUT2D eigenvalue weighted by Crippen LogP contribution is 2.24. The van der Waals surface area contributed by atoms with Crippen LogP contribution >= 0.6 is 47.4 Å². The molecule has 0 aliphatic carbocycles. The number of halogens is 3. The summed E-state index contributed by atoms with van der Waals surface area (Å²) in [5.74, 6) is 0. The predicted molar refractivity (Wildman–Crippen MR) is 42.7 cm³/mol. The first-order valence-electron chi connectivity index (χ1n) is 1.95. The SMILES string of the molecule is O=C(S)NCC(Cl)(Cl)Cl. The zero-order valence-corrected chi connectivity index (χ0v) is 7.36. The van der Waals surface area contributed by atoms with Crippen LogP contribution in [-0.2, 0) is 0 Å². The number of nitrogens with one attached hydrogen (secondary N) is 1. The number of hydrogen-bond acceptors (Lipinski definition) is 1. The van der Waals surface area contributed by atoms with Gasteiger partial charge in [-0.1, -0.05) is 47.4 Å². The molecular formula is C3H4Cl3NOS. The van der Waals surface area contributed by atoms with E-state index < -0.39 is 9.03 Å². The Kier molecular flexibility index (Phi) is 4.05. The molecule has 0 saturated heterocycles. The monoisotopic (exact) mass is 207 g/mol. The van der Waals surface area contributed by atoms with Crippen LogP contribution in [-0.4, -0.2) is 15.6 Å². The van der Waals surface area contributed by atoms with Gasteiger partial charge in [0.15, 0.2) is 0 Å². The molecule has 0 bridgehead atoms. The van der Waals surface area contributed by atoms with Crippen LogP contribution in [0, 0.1) is 0 Å². The second-order valence-corrected chi connectivity index (χ2v) is 4.20. The molecule has 0 saturated carbocycles. The molecule has 0 aliphatic rings. The smallest absolute Gasteiger partial charge is 0.276 e. The van der Waals surface area contributed by atoms with E-state index in [-0.39, 0.29) is 6.54 Å². The van der Waals surface area contributed by atoms with E-state index in [1.807, 2.05) is 0 Å². The summed E-state index contributed by atoms with van der Waals surface area (Å²) in [5.41, 5.74) is 0. The summed E-state index contributed by atoms with van der Waals surface area (Å²) in [6.07, 6.45) is 0. The Balaban J connectivity index is 3.39. The molecule has 1 amide bonds.